The minimum Gasteiger partial charge on any atom is -0.391 e. The second kappa shape index (κ2) is 9.60. The molecular weight excluding hydrogens is 410 g/mol. The van der Waals surface area contributed by atoms with Gasteiger partial charge < -0.3 is 15.3 Å². The van der Waals surface area contributed by atoms with Crippen molar-refractivity contribution in [2.45, 2.75) is 58.2 Å². The first-order valence-corrected chi connectivity index (χ1v) is 10.8. The fourth-order valence-electron chi connectivity index (χ4n) is 4.07. The van der Waals surface area contributed by atoms with Gasteiger partial charge in [-0.1, -0.05) is 56.3 Å². The van der Waals surface area contributed by atoms with E-state index in [9.17, 15) is 19.5 Å². The summed E-state index contributed by atoms with van der Waals surface area (Å²) < 4.78 is 1.51. The Labute approximate surface area is 187 Å². The summed E-state index contributed by atoms with van der Waals surface area (Å²) in [6.07, 6.45) is 1.83. The smallest absolute Gasteiger partial charge is 0.248 e. The van der Waals surface area contributed by atoms with Gasteiger partial charge in [0.05, 0.1) is 11.8 Å². The SMILES string of the molecule is CNC(=O)C1CC(O)CN1C(=O)[C@@H](n1cc(CCC(=O)c2ccccc2)nn1)C(C)(C)C. The van der Waals surface area contributed by atoms with Crippen LogP contribution in [-0.4, -0.2) is 68.3 Å². The van der Waals surface area contributed by atoms with E-state index in [0.717, 1.165) is 0 Å². The second-order valence-corrected chi connectivity index (χ2v) is 9.26. The van der Waals surface area contributed by atoms with E-state index in [2.05, 4.69) is 15.6 Å². The molecule has 9 heteroatoms. The van der Waals surface area contributed by atoms with Crippen LogP contribution >= 0.6 is 0 Å². The quantitative estimate of drug-likeness (QED) is 0.627. The number of nitrogens with one attached hydrogen (secondary N) is 1. The molecule has 1 fully saturated rings. The van der Waals surface area contributed by atoms with Crippen molar-refractivity contribution in [1.29, 1.82) is 0 Å². The molecule has 2 heterocycles. The Hall–Kier alpha value is -3.07. The van der Waals surface area contributed by atoms with E-state index < -0.39 is 23.6 Å². The average Bonchev–Trinajstić information content (AvgIpc) is 3.37. The number of β-amino-alcohol motifs (C(OH)–C–C–N with tert-alkyl or cyclic N) is 1. The highest BCUT2D eigenvalue weighted by Gasteiger charge is 2.44. The lowest BCUT2D eigenvalue weighted by molar-refractivity contribution is -0.144. The van der Waals surface area contributed by atoms with E-state index in [-0.39, 0.29) is 37.0 Å². The lowest BCUT2D eigenvalue weighted by Crippen LogP contribution is -2.49. The standard InChI is InChI=1S/C23H31N5O4/c1-23(2,3)20(22(32)27-14-17(29)12-18(27)21(31)24-4)28-13-16(25-26-28)10-11-19(30)15-8-6-5-7-9-15/h5-9,13,17-18,20,29H,10-12,14H2,1-4H3,(H,24,31)/t17?,18?,20-/m1/s1. The normalized spacial score (nSPS) is 19.6. The summed E-state index contributed by atoms with van der Waals surface area (Å²) in [5, 5.41) is 21.0. The molecule has 1 saturated heterocycles. The molecule has 1 aromatic carbocycles. The Balaban J connectivity index is 1.77. The molecule has 0 radical (unpaired) electrons. The largest absolute Gasteiger partial charge is 0.391 e. The topological polar surface area (TPSA) is 117 Å². The summed E-state index contributed by atoms with van der Waals surface area (Å²) in [5.41, 5.74) is 0.735. The first-order valence-electron chi connectivity index (χ1n) is 10.8. The highest BCUT2D eigenvalue weighted by molar-refractivity contribution is 5.96. The number of aliphatic hydroxyl groups excluding tert-OH is 1. The van der Waals surface area contributed by atoms with Crippen LogP contribution in [0, 0.1) is 5.41 Å². The van der Waals surface area contributed by atoms with Crippen LogP contribution in [0.25, 0.3) is 0 Å². The Kier molecular flexibility index (Phi) is 7.08. The molecule has 1 aliphatic rings. The Bertz CT molecular complexity index is 966. The van der Waals surface area contributed by atoms with Crippen molar-refractivity contribution in [2.24, 2.45) is 5.41 Å². The number of carbonyl (C=O) groups is 3. The highest BCUT2D eigenvalue weighted by Crippen LogP contribution is 2.34. The number of aliphatic hydroxyl groups is 1. The number of likely N-dealkylation sites (tertiary alicyclic amines) is 1. The molecule has 0 spiro atoms. The van der Waals surface area contributed by atoms with E-state index in [1.165, 1.54) is 16.6 Å². The van der Waals surface area contributed by atoms with E-state index in [0.29, 0.717) is 17.7 Å². The number of hydrogen-bond donors (Lipinski definition) is 2. The third-order valence-corrected chi connectivity index (χ3v) is 5.69. The molecule has 2 aromatic rings. The number of benzene rings is 1. The van der Waals surface area contributed by atoms with Gasteiger partial charge in [0.2, 0.25) is 11.8 Å². The van der Waals surface area contributed by atoms with Crippen molar-refractivity contribution < 1.29 is 19.5 Å². The summed E-state index contributed by atoms with van der Waals surface area (Å²) in [7, 11) is 1.51. The molecule has 32 heavy (non-hydrogen) atoms. The number of Topliss-reactive ketones (excluding diaryl/α,β-unsaturated/α-hetero) is 1. The van der Waals surface area contributed by atoms with Crippen molar-refractivity contribution >= 4 is 17.6 Å². The van der Waals surface area contributed by atoms with E-state index in [4.69, 9.17) is 0 Å². The van der Waals surface area contributed by atoms with Gasteiger partial charge in [-0.3, -0.25) is 14.4 Å². The molecule has 172 valence electrons. The van der Waals surface area contributed by atoms with Crippen molar-refractivity contribution in [3.63, 3.8) is 0 Å². The number of amides is 2. The summed E-state index contributed by atoms with van der Waals surface area (Å²) in [6, 6.07) is 7.63. The third-order valence-electron chi connectivity index (χ3n) is 5.69. The highest BCUT2D eigenvalue weighted by atomic mass is 16.3. The predicted octanol–water partition coefficient (Wildman–Crippen LogP) is 1.39. The van der Waals surface area contributed by atoms with Crippen LogP contribution in [0.2, 0.25) is 0 Å². The first kappa shape index (κ1) is 23.6. The fourth-order valence-corrected chi connectivity index (χ4v) is 4.07. The molecule has 2 amide bonds. The molecule has 3 rings (SSSR count). The zero-order valence-electron chi connectivity index (χ0n) is 19.0. The molecular formula is C23H31N5O4. The van der Waals surface area contributed by atoms with Crippen LogP contribution in [-0.2, 0) is 16.0 Å². The Morgan fingerprint density at radius 2 is 1.91 bits per heavy atom. The lowest BCUT2D eigenvalue weighted by atomic mass is 9.85. The molecule has 0 saturated carbocycles. The third kappa shape index (κ3) is 5.21. The number of nitrogens with zero attached hydrogens (tertiary/aromatic N) is 4. The van der Waals surface area contributed by atoms with Crippen LogP contribution < -0.4 is 5.32 Å². The Morgan fingerprint density at radius 1 is 1.22 bits per heavy atom. The summed E-state index contributed by atoms with van der Waals surface area (Å²) in [6.45, 7) is 5.84. The molecule has 1 aliphatic heterocycles. The Morgan fingerprint density at radius 3 is 2.53 bits per heavy atom. The molecule has 2 N–H and O–H groups in total. The second-order valence-electron chi connectivity index (χ2n) is 9.26. The van der Waals surface area contributed by atoms with E-state index in [1.54, 1.807) is 18.3 Å². The van der Waals surface area contributed by atoms with Gasteiger partial charge in [-0.25, -0.2) is 4.68 Å². The number of rotatable bonds is 7. The van der Waals surface area contributed by atoms with E-state index >= 15 is 0 Å². The number of hydrogen-bond acceptors (Lipinski definition) is 6. The predicted molar refractivity (Wildman–Crippen MR) is 118 cm³/mol. The molecule has 9 nitrogen and oxygen atoms in total. The van der Waals surface area contributed by atoms with Crippen LogP contribution in [0.1, 0.15) is 55.7 Å². The maximum atomic E-state index is 13.5. The minimum absolute atomic E-state index is 0.0167. The van der Waals surface area contributed by atoms with Gasteiger partial charge in [-0.05, 0) is 5.41 Å². The summed E-state index contributed by atoms with van der Waals surface area (Å²) in [5.74, 6) is -0.580. The number of aromatic nitrogens is 3. The molecule has 2 unspecified atom stereocenters. The number of aryl methyl sites for hydroxylation is 1. The van der Waals surface area contributed by atoms with Gasteiger partial charge in [0.15, 0.2) is 5.78 Å². The van der Waals surface area contributed by atoms with Crippen molar-refractivity contribution in [2.75, 3.05) is 13.6 Å². The molecule has 3 atom stereocenters. The zero-order valence-corrected chi connectivity index (χ0v) is 19.0. The van der Waals surface area contributed by atoms with Crippen LogP contribution in [0.5, 0.6) is 0 Å². The van der Waals surface area contributed by atoms with Crippen LogP contribution in [0.15, 0.2) is 36.5 Å². The van der Waals surface area contributed by atoms with Crippen LogP contribution in [0.3, 0.4) is 0 Å². The van der Waals surface area contributed by atoms with Gasteiger partial charge in [0.25, 0.3) is 0 Å². The summed E-state index contributed by atoms with van der Waals surface area (Å²) in [4.78, 5) is 39.6. The molecule has 0 bridgehead atoms. The van der Waals surface area contributed by atoms with Crippen LogP contribution in [0.4, 0.5) is 0 Å². The van der Waals surface area contributed by atoms with Crippen molar-refractivity contribution in [1.82, 2.24) is 25.2 Å². The van der Waals surface area contributed by atoms with Gasteiger partial charge in [0, 0.05) is 44.6 Å². The van der Waals surface area contributed by atoms with Crippen molar-refractivity contribution in [3.8, 4) is 0 Å². The van der Waals surface area contributed by atoms with E-state index in [1.807, 2.05) is 39.0 Å². The summed E-state index contributed by atoms with van der Waals surface area (Å²) >= 11 is 0. The van der Waals surface area contributed by atoms with Gasteiger partial charge in [-0.2, -0.15) is 0 Å². The minimum atomic E-state index is -0.753. The molecule has 0 aliphatic carbocycles. The fraction of sp³-hybridized carbons (Fsp3) is 0.522. The van der Waals surface area contributed by atoms with Gasteiger partial charge in [-0.15, -0.1) is 5.10 Å². The van der Waals surface area contributed by atoms with Crippen molar-refractivity contribution in [3.05, 3.63) is 47.8 Å². The number of ketones is 1. The average molecular weight is 442 g/mol. The first-order chi connectivity index (χ1) is 15.1. The van der Waals surface area contributed by atoms with Gasteiger partial charge in [0.1, 0.15) is 12.1 Å². The monoisotopic (exact) mass is 441 g/mol. The zero-order chi connectivity index (χ0) is 23.5. The number of likely N-dealkylation sites (N-methyl/N-ethyl adjacent to an activating group) is 1. The number of carbonyl (C=O) groups excluding carboxylic acids is 3. The molecule has 1 aromatic heterocycles. The van der Waals surface area contributed by atoms with Gasteiger partial charge >= 0.3 is 0 Å². The maximum Gasteiger partial charge on any atom is 0.248 e. The lowest BCUT2D eigenvalue weighted by Gasteiger charge is -2.34. The maximum absolute atomic E-state index is 13.5.